The second-order valence-electron chi connectivity index (χ2n) is 3.12. The van der Waals surface area contributed by atoms with Crippen LogP contribution in [0.2, 0.25) is 0 Å². The van der Waals surface area contributed by atoms with Crippen LogP contribution in [0.1, 0.15) is 0 Å². The molecule has 0 radical (unpaired) electrons. The highest BCUT2D eigenvalue weighted by atomic mass is 32.2. The molecule has 17 heavy (non-hydrogen) atoms. The summed E-state index contributed by atoms with van der Waals surface area (Å²) in [5, 5.41) is 12.2. The number of nitrogens with zero attached hydrogens (tertiary/aromatic N) is 4. The molecule has 1 heterocycles. The second-order valence-corrected chi connectivity index (χ2v) is 3.89. The zero-order chi connectivity index (χ0) is 12.3. The van der Waals surface area contributed by atoms with Gasteiger partial charge < -0.3 is 9.47 Å². The second kappa shape index (κ2) is 5.05. The molecule has 2 rings (SSSR count). The summed E-state index contributed by atoms with van der Waals surface area (Å²) in [6.07, 6.45) is 1.92. The molecule has 7 heteroatoms. The van der Waals surface area contributed by atoms with Gasteiger partial charge in [0.05, 0.1) is 19.9 Å². The van der Waals surface area contributed by atoms with Crippen molar-refractivity contribution in [3.05, 3.63) is 18.2 Å². The van der Waals surface area contributed by atoms with E-state index in [0.717, 1.165) is 10.8 Å². The summed E-state index contributed by atoms with van der Waals surface area (Å²) in [7, 11) is 3.19. The molecule has 0 aliphatic heterocycles. The maximum Gasteiger partial charge on any atom is 0.213 e. The minimum Gasteiger partial charge on any atom is -0.493 e. The molecule has 2 aromatic rings. The van der Waals surface area contributed by atoms with Crippen molar-refractivity contribution in [3.63, 3.8) is 0 Å². The van der Waals surface area contributed by atoms with Gasteiger partial charge in [-0.2, -0.15) is 4.68 Å². The average Bonchev–Trinajstić information content (AvgIpc) is 2.86. The number of rotatable bonds is 4. The van der Waals surface area contributed by atoms with Crippen LogP contribution in [0.25, 0.3) is 5.69 Å². The lowest BCUT2D eigenvalue weighted by Crippen LogP contribution is -2.00. The van der Waals surface area contributed by atoms with Crippen LogP contribution >= 0.6 is 11.8 Å². The van der Waals surface area contributed by atoms with Gasteiger partial charge in [0.2, 0.25) is 5.16 Å². The summed E-state index contributed by atoms with van der Waals surface area (Å²) >= 11 is 1.48. The topological polar surface area (TPSA) is 62.1 Å². The zero-order valence-electron chi connectivity index (χ0n) is 9.75. The molecule has 90 valence electrons. The summed E-state index contributed by atoms with van der Waals surface area (Å²) in [4.78, 5) is 0. The fourth-order valence-electron chi connectivity index (χ4n) is 1.42. The van der Waals surface area contributed by atoms with E-state index in [1.54, 1.807) is 18.9 Å². The highest BCUT2D eigenvalue weighted by Crippen LogP contribution is 2.29. The average molecular weight is 252 g/mol. The third-order valence-corrected chi connectivity index (χ3v) is 2.85. The Morgan fingerprint density at radius 2 is 1.94 bits per heavy atom. The SMILES string of the molecule is COc1ccc(-n2nnnc2SC)cc1OC. The first-order valence-electron chi connectivity index (χ1n) is 4.85. The van der Waals surface area contributed by atoms with Crippen molar-refractivity contribution in [1.82, 2.24) is 20.2 Å². The molecule has 0 N–H and O–H groups in total. The van der Waals surface area contributed by atoms with E-state index in [2.05, 4.69) is 15.5 Å². The molecule has 6 nitrogen and oxygen atoms in total. The van der Waals surface area contributed by atoms with Crippen molar-refractivity contribution in [1.29, 1.82) is 0 Å². The summed E-state index contributed by atoms with van der Waals surface area (Å²) in [6, 6.07) is 5.52. The minimum absolute atomic E-state index is 0.646. The Balaban J connectivity index is 2.46. The molecule has 1 aromatic carbocycles. The lowest BCUT2D eigenvalue weighted by atomic mass is 10.3. The van der Waals surface area contributed by atoms with Crippen LogP contribution in [-0.2, 0) is 0 Å². The Labute approximate surface area is 103 Å². The van der Waals surface area contributed by atoms with Gasteiger partial charge in [-0.1, -0.05) is 11.8 Å². The number of hydrogen-bond acceptors (Lipinski definition) is 6. The van der Waals surface area contributed by atoms with Crippen LogP contribution in [0.3, 0.4) is 0 Å². The van der Waals surface area contributed by atoms with Crippen LogP contribution in [0.5, 0.6) is 11.5 Å². The maximum atomic E-state index is 5.23. The predicted octanol–water partition coefficient (Wildman–Crippen LogP) is 1.40. The highest BCUT2D eigenvalue weighted by molar-refractivity contribution is 7.98. The van der Waals surface area contributed by atoms with Crippen molar-refractivity contribution in [2.45, 2.75) is 5.16 Å². The fourth-order valence-corrected chi connectivity index (χ4v) is 1.86. The van der Waals surface area contributed by atoms with Gasteiger partial charge in [-0.25, -0.2) is 0 Å². The van der Waals surface area contributed by atoms with Crippen molar-refractivity contribution in [2.24, 2.45) is 0 Å². The summed E-state index contributed by atoms with van der Waals surface area (Å²) in [5.41, 5.74) is 0.831. The Morgan fingerprint density at radius 3 is 2.59 bits per heavy atom. The molecule has 0 atom stereocenters. The van der Waals surface area contributed by atoms with E-state index in [4.69, 9.17) is 9.47 Å². The molecule has 0 amide bonds. The zero-order valence-corrected chi connectivity index (χ0v) is 10.6. The van der Waals surface area contributed by atoms with Gasteiger partial charge in [0.25, 0.3) is 0 Å². The first kappa shape index (κ1) is 11.7. The number of tetrazole rings is 1. The number of hydrogen-bond donors (Lipinski definition) is 0. The summed E-state index contributed by atoms with van der Waals surface area (Å²) in [6.45, 7) is 0. The lowest BCUT2D eigenvalue weighted by molar-refractivity contribution is 0.354. The third-order valence-electron chi connectivity index (χ3n) is 2.24. The Kier molecular flexibility index (Phi) is 3.48. The molecule has 1 aromatic heterocycles. The van der Waals surface area contributed by atoms with Crippen LogP contribution in [-0.4, -0.2) is 40.7 Å². The lowest BCUT2D eigenvalue weighted by Gasteiger charge is -2.09. The molecule has 0 bridgehead atoms. The maximum absolute atomic E-state index is 5.23. The van der Waals surface area contributed by atoms with Gasteiger partial charge in [-0.3, -0.25) is 0 Å². The molecular formula is C10H12N4O2S. The number of aromatic nitrogens is 4. The largest absolute Gasteiger partial charge is 0.493 e. The van der Waals surface area contributed by atoms with E-state index in [1.807, 2.05) is 24.5 Å². The van der Waals surface area contributed by atoms with Gasteiger partial charge in [0.15, 0.2) is 11.5 Å². The van der Waals surface area contributed by atoms with Crippen molar-refractivity contribution >= 4 is 11.8 Å². The Morgan fingerprint density at radius 1 is 1.18 bits per heavy atom. The molecular weight excluding hydrogens is 240 g/mol. The molecule has 0 unspecified atom stereocenters. The highest BCUT2D eigenvalue weighted by Gasteiger charge is 2.10. The third kappa shape index (κ3) is 2.19. The van der Waals surface area contributed by atoms with Crippen LogP contribution in [0.15, 0.2) is 23.4 Å². The van der Waals surface area contributed by atoms with E-state index < -0.39 is 0 Å². The minimum atomic E-state index is 0.646. The van der Waals surface area contributed by atoms with Crippen LogP contribution in [0, 0.1) is 0 Å². The van der Waals surface area contributed by atoms with E-state index in [9.17, 15) is 0 Å². The van der Waals surface area contributed by atoms with Crippen LogP contribution in [0.4, 0.5) is 0 Å². The van der Waals surface area contributed by atoms with Gasteiger partial charge in [-0.05, 0) is 28.8 Å². The van der Waals surface area contributed by atoms with Crippen molar-refractivity contribution < 1.29 is 9.47 Å². The van der Waals surface area contributed by atoms with E-state index in [0.29, 0.717) is 11.5 Å². The fraction of sp³-hybridized carbons (Fsp3) is 0.300. The normalized spacial score (nSPS) is 10.3. The number of ether oxygens (including phenoxy) is 2. The molecule has 0 aliphatic carbocycles. The molecule has 0 fully saturated rings. The molecule has 0 aliphatic rings. The number of benzene rings is 1. The Bertz CT molecular complexity index is 515. The van der Waals surface area contributed by atoms with E-state index in [-0.39, 0.29) is 0 Å². The molecule has 0 spiro atoms. The molecule has 0 saturated carbocycles. The van der Waals surface area contributed by atoms with Crippen molar-refractivity contribution in [3.8, 4) is 17.2 Å². The number of methoxy groups -OCH3 is 2. The quantitative estimate of drug-likeness (QED) is 0.766. The monoisotopic (exact) mass is 252 g/mol. The molecule has 0 saturated heterocycles. The summed E-state index contributed by atoms with van der Waals surface area (Å²) in [5.74, 6) is 1.32. The summed E-state index contributed by atoms with van der Waals surface area (Å²) < 4.78 is 12.1. The standard InChI is InChI=1S/C10H12N4O2S/c1-15-8-5-4-7(6-9(8)16-2)14-10(17-3)11-12-13-14/h4-6H,1-3H3. The van der Waals surface area contributed by atoms with Gasteiger partial charge >= 0.3 is 0 Å². The number of thioether (sulfide) groups is 1. The van der Waals surface area contributed by atoms with Crippen molar-refractivity contribution in [2.75, 3.05) is 20.5 Å². The van der Waals surface area contributed by atoms with Crippen LogP contribution < -0.4 is 9.47 Å². The van der Waals surface area contributed by atoms with Gasteiger partial charge in [0, 0.05) is 6.07 Å². The smallest absolute Gasteiger partial charge is 0.213 e. The predicted molar refractivity (Wildman–Crippen MR) is 64.0 cm³/mol. The first-order valence-corrected chi connectivity index (χ1v) is 6.07. The van der Waals surface area contributed by atoms with E-state index >= 15 is 0 Å². The van der Waals surface area contributed by atoms with Gasteiger partial charge in [-0.15, -0.1) is 5.10 Å². The Hall–Kier alpha value is -1.76. The first-order chi connectivity index (χ1) is 8.30. The van der Waals surface area contributed by atoms with E-state index in [1.165, 1.54) is 11.8 Å². The van der Waals surface area contributed by atoms with Gasteiger partial charge in [0.1, 0.15) is 0 Å².